The monoisotopic (exact) mass is 431 g/mol. The molecule has 11 heteroatoms. The van der Waals surface area contributed by atoms with Gasteiger partial charge in [0.25, 0.3) is 5.91 Å². The number of urea groups is 1. The molecule has 2 aromatic rings. The Morgan fingerprint density at radius 1 is 1.21 bits per heavy atom. The van der Waals surface area contributed by atoms with E-state index in [2.05, 4.69) is 10.6 Å². The predicted molar refractivity (Wildman–Crippen MR) is 102 cm³/mol. The highest BCUT2D eigenvalue weighted by Crippen LogP contribution is 2.38. The number of rotatable bonds is 4. The number of benzene rings is 1. The summed E-state index contributed by atoms with van der Waals surface area (Å²) in [5, 5.41) is 15.1. The van der Waals surface area contributed by atoms with Gasteiger partial charge < -0.3 is 16.2 Å². The molecular weight excluding hydrogens is 415 g/mol. The lowest BCUT2D eigenvalue weighted by Gasteiger charge is -2.17. The van der Waals surface area contributed by atoms with Crippen LogP contribution in [0.1, 0.15) is 27.2 Å². The van der Waals surface area contributed by atoms with Gasteiger partial charge in [-0.15, -0.1) is 11.3 Å². The Hall–Kier alpha value is -2.24. The molecule has 6 nitrogen and oxygen atoms in total. The number of fused-ring (bicyclic) bond motifs is 1. The first-order valence-corrected chi connectivity index (χ1v) is 9.82. The van der Waals surface area contributed by atoms with Crippen LogP contribution in [0.25, 0.3) is 0 Å². The van der Waals surface area contributed by atoms with Crippen LogP contribution in [0, 0.1) is 0 Å². The van der Waals surface area contributed by atoms with Gasteiger partial charge in [0.2, 0.25) is 0 Å². The standard InChI is InChI=1S/C17H16F3N3O3S2/c18-17(19,20)28-10-4-1-8(2-5-10)22-16(26)23-15-13(14(21)25)11-6-3-9(24)7-12(11)27-15/h1-2,4-5,9,24H,3,6-7H2,(H2,21,25)(H2,22,23,26). The smallest absolute Gasteiger partial charge is 0.393 e. The number of nitrogens with one attached hydrogen (secondary N) is 2. The van der Waals surface area contributed by atoms with Gasteiger partial charge in [-0.2, -0.15) is 13.2 Å². The minimum atomic E-state index is -4.39. The number of primary amides is 1. The van der Waals surface area contributed by atoms with Gasteiger partial charge in [0, 0.05) is 21.9 Å². The summed E-state index contributed by atoms with van der Waals surface area (Å²) in [6.07, 6.45) is 0.897. The zero-order chi connectivity index (χ0) is 20.5. The molecule has 0 saturated heterocycles. The van der Waals surface area contributed by atoms with Crippen molar-refractivity contribution in [3.05, 3.63) is 40.3 Å². The van der Waals surface area contributed by atoms with E-state index in [1.165, 1.54) is 35.6 Å². The van der Waals surface area contributed by atoms with Crippen LogP contribution >= 0.6 is 23.1 Å². The molecule has 0 bridgehead atoms. The summed E-state index contributed by atoms with van der Waals surface area (Å²) in [6, 6.07) is 4.52. The summed E-state index contributed by atoms with van der Waals surface area (Å²) in [6.45, 7) is 0. The van der Waals surface area contributed by atoms with Crippen molar-refractivity contribution < 1.29 is 27.9 Å². The molecule has 1 aliphatic rings. The van der Waals surface area contributed by atoms with Crippen molar-refractivity contribution in [1.29, 1.82) is 0 Å². The van der Waals surface area contributed by atoms with Crippen molar-refractivity contribution in [1.82, 2.24) is 0 Å². The highest BCUT2D eigenvalue weighted by atomic mass is 32.2. The van der Waals surface area contributed by atoms with E-state index < -0.39 is 23.6 Å². The Kier molecular flexibility index (Phi) is 5.87. The van der Waals surface area contributed by atoms with E-state index in [4.69, 9.17) is 5.73 Å². The fourth-order valence-electron chi connectivity index (χ4n) is 2.92. The van der Waals surface area contributed by atoms with Crippen LogP contribution in [0.15, 0.2) is 29.2 Å². The van der Waals surface area contributed by atoms with Gasteiger partial charge in [-0.25, -0.2) is 4.79 Å². The van der Waals surface area contributed by atoms with Crippen LogP contribution in [-0.4, -0.2) is 28.7 Å². The van der Waals surface area contributed by atoms with Crippen molar-refractivity contribution in [3.63, 3.8) is 0 Å². The van der Waals surface area contributed by atoms with E-state index in [1.54, 1.807) is 0 Å². The first kappa shape index (κ1) is 20.5. The quantitative estimate of drug-likeness (QED) is 0.550. The topological polar surface area (TPSA) is 104 Å². The molecule has 1 unspecified atom stereocenters. The molecular formula is C17H16F3N3O3S2. The van der Waals surface area contributed by atoms with Crippen LogP contribution in [-0.2, 0) is 12.8 Å². The van der Waals surface area contributed by atoms with Crippen molar-refractivity contribution in [3.8, 4) is 0 Å². The minimum Gasteiger partial charge on any atom is -0.393 e. The lowest BCUT2D eigenvalue weighted by atomic mass is 9.93. The highest BCUT2D eigenvalue weighted by Gasteiger charge is 2.29. The van der Waals surface area contributed by atoms with E-state index in [-0.39, 0.29) is 27.2 Å². The third-order valence-corrected chi connectivity index (χ3v) is 5.97. The van der Waals surface area contributed by atoms with Gasteiger partial charge in [-0.05, 0) is 54.4 Å². The number of hydrogen-bond acceptors (Lipinski definition) is 5. The van der Waals surface area contributed by atoms with Gasteiger partial charge in [0.05, 0.1) is 11.7 Å². The number of alkyl halides is 3. The second-order valence-electron chi connectivity index (χ2n) is 6.12. The van der Waals surface area contributed by atoms with Gasteiger partial charge in [0.1, 0.15) is 5.00 Å². The van der Waals surface area contributed by atoms with Crippen molar-refractivity contribution in [2.75, 3.05) is 10.6 Å². The van der Waals surface area contributed by atoms with Gasteiger partial charge in [0.15, 0.2) is 0 Å². The van der Waals surface area contributed by atoms with Gasteiger partial charge in [-0.3, -0.25) is 10.1 Å². The van der Waals surface area contributed by atoms with Crippen LogP contribution in [0.3, 0.4) is 0 Å². The number of nitrogens with two attached hydrogens (primary N) is 1. The Morgan fingerprint density at radius 3 is 2.50 bits per heavy atom. The molecule has 0 aliphatic heterocycles. The maximum Gasteiger partial charge on any atom is 0.446 e. The number of anilines is 2. The van der Waals surface area contributed by atoms with Crippen molar-refractivity contribution in [2.45, 2.75) is 35.8 Å². The number of hydrogen-bond donors (Lipinski definition) is 4. The largest absolute Gasteiger partial charge is 0.446 e. The number of thioether (sulfide) groups is 1. The fraction of sp³-hybridized carbons (Fsp3) is 0.294. The number of halogens is 3. The van der Waals surface area contributed by atoms with Crippen LogP contribution in [0.5, 0.6) is 0 Å². The van der Waals surface area contributed by atoms with Crippen molar-refractivity contribution in [2.24, 2.45) is 5.73 Å². The van der Waals surface area contributed by atoms with Crippen molar-refractivity contribution >= 4 is 45.7 Å². The van der Waals surface area contributed by atoms with Gasteiger partial charge in [-0.1, -0.05) is 0 Å². The highest BCUT2D eigenvalue weighted by molar-refractivity contribution is 8.00. The van der Waals surface area contributed by atoms with Gasteiger partial charge >= 0.3 is 11.5 Å². The van der Waals surface area contributed by atoms with Crippen LogP contribution < -0.4 is 16.4 Å². The zero-order valence-corrected chi connectivity index (χ0v) is 15.9. The summed E-state index contributed by atoms with van der Waals surface area (Å²) < 4.78 is 37.0. The average Bonchev–Trinajstić information content (AvgIpc) is 2.92. The third-order valence-electron chi connectivity index (χ3n) is 4.06. The molecule has 5 N–H and O–H groups in total. The molecule has 1 heterocycles. The zero-order valence-electron chi connectivity index (χ0n) is 14.3. The molecule has 0 spiro atoms. The van der Waals surface area contributed by atoms with E-state index in [0.717, 1.165) is 10.4 Å². The predicted octanol–water partition coefficient (Wildman–Crippen LogP) is 3.95. The molecule has 0 fully saturated rings. The first-order valence-electron chi connectivity index (χ1n) is 8.18. The number of aliphatic hydroxyl groups excluding tert-OH is 1. The van der Waals surface area contributed by atoms with E-state index in [0.29, 0.717) is 24.9 Å². The summed E-state index contributed by atoms with van der Waals surface area (Å²) >= 11 is 0.934. The Balaban J connectivity index is 1.71. The summed E-state index contributed by atoms with van der Waals surface area (Å²) in [5.41, 5.74) is 2.34. The first-order chi connectivity index (χ1) is 13.1. The summed E-state index contributed by atoms with van der Waals surface area (Å²) in [7, 11) is 0. The second kappa shape index (κ2) is 8.02. The summed E-state index contributed by atoms with van der Waals surface area (Å²) in [4.78, 5) is 24.9. The SMILES string of the molecule is NC(=O)c1c(NC(=O)Nc2ccc(SC(F)(F)F)cc2)sc2c1CCC(O)C2. The number of thiophene rings is 1. The summed E-state index contributed by atoms with van der Waals surface area (Å²) in [5.74, 6) is -0.669. The number of amides is 3. The Labute approximate surface area is 166 Å². The Morgan fingerprint density at radius 2 is 1.89 bits per heavy atom. The maximum absolute atomic E-state index is 12.3. The van der Waals surface area contributed by atoms with Crippen LogP contribution in [0.4, 0.5) is 28.7 Å². The Bertz CT molecular complexity index is 898. The molecule has 0 saturated carbocycles. The average molecular weight is 431 g/mol. The minimum absolute atomic E-state index is 0.000961. The molecule has 0 radical (unpaired) electrons. The van der Waals surface area contributed by atoms with E-state index >= 15 is 0 Å². The normalized spacial score (nSPS) is 16.4. The lowest BCUT2D eigenvalue weighted by molar-refractivity contribution is -0.0328. The molecule has 150 valence electrons. The lowest BCUT2D eigenvalue weighted by Crippen LogP contribution is -2.23. The van der Waals surface area contributed by atoms with E-state index in [9.17, 15) is 27.9 Å². The number of carbonyl (C=O) groups is 2. The molecule has 1 atom stereocenters. The molecule has 1 aromatic heterocycles. The maximum atomic E-state index is 12.3. The molecule has 3 amide bonds. The second-order valence-corrected chi connectivity index (χ2v) is 8.36. The molecule has 3 rings (SSSR count). The molecule has 1 aromatic carbocycles. The molecule has 28 heavy (non-hydrogen) atoms. The number of carbonyl (C=O) groups excluding carboxylic acids is 2. The molecule has 1 aliphatic carbocycles. The third kappa shape index (κ3) is 4.97. The number of aliphatic hydroxyl groups is 1. The van der Waals surface area contributed by atoms with Crippen LogP contribution in [0.2, 0.25) is 0 Å². The fourth-order valence-corrected chi connectivity index (χ4v) is 4.78. The van der Waals surface area contributed by atoms with E-state index in [1.807, 2.05) is 0 Å².